The van der Waals surface area contributed by atoms with E-state index in [1.807, 2.05) is 0 Å². The van der Waals surface area contributed by atoms with Crippen LogP contribution in [0.25, 0.3) is 0 Å². The Labute approximate surface area is 115 Å². The van der Waals surface area contributed by atoms with Gasteiger partial charge in [-0.1, -0.05) is 6.07 Å². The number of morpholine rings is 1. The fourth-order valence-electron chi connectivity index (χ4n) is 2.03. The van der Waals surface area contributed by atoms with Crippen molar-refractivity contribution in [1.29, 1.82) is 0 Å². The standard InChI is InChI=1S/C12H13F2NO3.ClH/c13-9-2-1-8(7-10(9)14)11(12(16)17)15-3-5-18-6-4-15;/h1-2,7,11H,3-6H2,(H,16,17);1H. The molecule has 1 atom stereocenters. The highest BCUT2D eigenvalue weighted by Crippen LogP contribution is 2.23. The number of halogens is 3. The molecule has 0 spiro atoms. The average molecular weight is 294 g/mol. The van der Waals surface area contributed by atoms with Gasteiger partial charge in [-0.3, -0.25) is 9.69 Å². The third-order valence-corrected chi connectivity index (χ3v) is 2.90. The maximum absolute atomic E-state index is 13.2. The molecule has 106 valence electrons. The van der Waals surface area contributed by atoms with Crippen molar-refractivity contribution in [3.8, 4) is 0 Å². The minimum atomic E-state index is -1.08. The lowest BCUT2D eigenvalue weighted by molar-refractivity contribution is -0.145. The summed E-state index contributed by atoms with van der Waals surface area (Å²) in [5, 5.41) is 9.24. The molecule has 1 fully saturated rings. The van der Waals surface area contributed by atoms with Crippen LogP contribution in [-0.4, -0.2) is 42.3 Å². The number of aliphatic carboxylic acids is 1. The first-order valence-corrected chi connectivity index (χ1v) is 5.59. The van der Waals surface area contributed by atoms with Gasteiger partial charge in [-0.2, -0.15) is 0 Å². The summed E-state index contributed by atoms with van der Waals surface area (Å²) >= 11 is 0. The molecule has 0 aliphatic carbocycles. The van der Waals surface area contributed by atoms with E-state index in [0.29, 0.717) is 26.3 Å². The van der Waals surface area contributed by atoms with Crippen molar-refractivity contribution in [3.05, 3.63) is 35.4 Å². The summed E-state index contributed by atoms with van der Waals surface area (Å²) in [5.41, 5.74) is 0.239. The van der Waals surface area contributed by atoms with E-state index in [1.54, 1.807) is 4.90 Å². The zero-order chi connectivity index (χ0) is 13.1. The molecule has 4 nitrogen and oxygen atoms in total. The number of ether oxygens (including phenoxy) is 1. The molecule has 0 aromatic heterocycles. The van der Waals surface area contributed by atoms with E-state index in [1.165, 1.54) is 6.07 Å². The summed E-state index contributed by atoms with van der Waals surface area (Å²) in [6.45, 7) is 1.78. The van der Waals surface area contributed by atoms with E-state index < -0.39 is 23.6 Å². The molecule has 1 unspecified atom stereocenters. The van der Waals surface area contributed by atoms with Gasteiger partial charge in [-0.15, -0.1) is 12.4 Å². The fraction of sp³-hybridized carbons (Fsp3) is 0.417. The van der Waals surface area contributed by atoms with E-state index in [-0.39, 0.29) is 18.0 Å². The van der Waals surface area contributed by atoms with Gasteiger partial charge in [-0.25, -0.2) is 8.78 Å². The smallest absolute Gasteiger partial charge is 0.325 e. The van der Waals surface area contributed by atoms with Gasteiger partial charge in [0.2, 0.25) is 0 Å². The van der Waals surface area contributed by atoms with Crippen molar-refractivity contribution in [2.45, 2.75) is 6.04 Å². The molecule has 7 heteroatoms. The van der Waals surface area contributed by atoms with Gasteiger partial charge in [0.15, 0.2) is 11.6 Å². The molecule has 0 bridgehead atoms. The van der Waals surface area contributed by atoms with Crippen molar-refractivity contribution < 1.29 is 23.4 Å². The summed E-state index contributed by atoms with van der Waals surface area (Å²) in [6, 6.07) is 2.21. The van der Waals surface area contributed by atoms with E-state index in [9.17, 15) is 18.7 Å². The van der Waals surface area contributed by atoms with Gasteiger partial charge in [0.05, 0.1) is 13.2 Å². The van der Waals surface area contributed by atoms with Crippen molar-refractivity contribution in [2.75, 3.05) is 26.3 Å². The van der Waals surface area contributed by atoms with Crippen LogP contribution in [0.1, 0.15) is 11.6 Å². The van der Waals surface area contributed by atoms with Crippen LogP contribution in [0.5, 0.6) is 0 Å². The summed E-state index contributed by atoms with van der Waals surface area (Å²) in [5.74, 6) is -3.10. The lowest BCUT2D eigenvalue weighted by Gasteiger charge is -2.32. The number of hydrogen-bond donors (Lipinski definition) is 1. The van der Waals surface area contributed by atoms with Crippen LogP contribution < -0.4 is 0 Å². The van der Waals surface area contributed by atoms with Crippen molar-refractivity contribution >= 4 is 18.4 Å². The molecular formula is C12H14ClF2NO3. The zero-order valence-electron chi connectivity index (χ0n) is 10.0. The number of carbonyl (C=O) groups is 1. The first kappa shape index (κ1) is 15.8. The van der Waals surface area contributed by atoms with Crippen LogP contribution in [0, 0.1) is 11.6 Å². The highest BCUT2D eigenvalue weighted by molar-refractivity contribution is 5.85. The van der Waals surface area contributed by atoms with Gasteiger partial charge in [0.1, 0.15) is 6.04 Å². The molecular weight excluding hydrogens is 280 g/mol. The maximum Gasteiger partial charge on any atom is 0.325 e. The SMILES string of the molecule is Cl.O=C(O)C(c1ccc(F)c(F)c1)N1CCOCC1. The zero-order valence-corrected chi connectivity index (χ0v) is 10.8. The predicted octanol–water partition coefficient (Wildman–Crippen LogP) is 1.84. The van der Waals surface area contributed by atoms with Gasteiger partial charge >= 0.3 is 5.97 Å². The van der Waals surface area contributed by atoms with Crippen molar-refractivity contribution in [1.82, 2.24) is 4.90 Å². The van der Waals surface area contributed by atoms with E-state index >= 15 is 0 Å². The molecule has 19 heavy (non-hydrogen) atoms. The second-order valence-corrected chi connectivity index (χ2v) is 4.06. The number of hydrogen-bond acceptors (Lipinski definition) is 3. The first-order valence-electron chi connectivity index (χ1n) is 5.59. The van der Waals surface area contributed by atoms with Crippen LogP contribution in [0.15, 0.2) is 18.2 Å². The minimum Gasteiger partial charge on any atom is -0.480 e. The van der Waals surface area contributed by atoms with E-state index in [4.69, 9.17) is 4.74 Å². The number of rotatable bonds is 3. The lowest BCUT2D eigenvalue weighted by Crippen LogP contribution is -2.42. The Balaban J connectivity index is 0.00000180. The van der Waals surface area contributed by atoms with Crippen molar-refractivity contribution in [3.63, 3.8) is 0 Å². The Bertz CT molecular complexity index is 453. The summed E-state index contributed by atoms with van der Waals surface area (Å²) in [4.78, 5) is 13.0. The Morgan fingerprint density at radius 2 is 1.89 bits per heavy atom. The quantitative estimate of drug-likeness (QED) is 0.924. The third-order valence-electron chi connectivity index (χ3n) is 2.90. The topological polar surface area (TPSA) is 49.8 Å². The molecule has 1 saturated heterocycles. The third kappa shape index (κ3) is 3.62. The highest BCUT2D eigenvalue weighted by Gasteiger charge is 2.29. The van der Waals surface area contributed by atoms with Gasteiger partial charge < -0.3 is 9.84 Å². The van der Waals surface area contributed by atoms with E-state index in [0.717, 1.165) is 12.1 Å². The van der Waals surface area contributed by atoms with Crippen LogP contribution in [0.4, 0.5) is 8.78 Å². The van der Waals surface area contributed by atoms with Crippen LogP contribution in [-0.2, 0) is 9.53 Å². The molecule has 1 aromatic rings. The number of carboxylic acid groups (broad SMARTS) is 1. The second-order valence-electron chi connectivity index (χ2n) is 4.06. The van der Waals surface area contributed by atoms with Crippen molar-refractivity contribution in [2.24, 2.45) is 0 Å². The van der Waals surface area contributed by atoms with Crippen LogP contribution in [0.2, 0.25) is 0 Å². The first-order chi connectivity index (χ1) is 8.59. The molecule has 1 heterocycles. The summed E-state index contributed by atoms with van der Waals surface area (Å²) in [7, 11) is 0. The molecule has 2 rings (SSSR count). The lowest BCUT2D eigenvalue weighted by atomic mass is 10.0. The van der Waals surface area contributed by atoms with Gasteiger partial charge in [0, 0.05) is 13.1 Å². The average Bonchev–Trinajstić information content (AvgIpc) is 2.35. The minimum absolute atomic E-state index is 0. The van der Waals surface area contributed by atoms with E-state index in [2.05, 4.69) is 0 Å². The molecule has 1 N–H and O–H groups in total. The Kier molecular flexibility index (Phi) is 5.65. The molecule has 1 aliphatic heterocycles. The molecule has 0 saturated carbocycles. The Morgan fingerprint density at radius 1 is 1.26 bits per heavy atom. The molecule has 0 radical (unpaired) electrons. The predicted molar refractivity (Wildman–Crippen MR) is 66.4 cm³/mol. The van der Waals surface area contributed by atoms with Crippen LogP contribution in [0.3, 0.4) is 0 Å². The molecule has 1 aromatic carbocycles. The van der Waals surface area contributed by atoms with Gasteiger partial charge in [-0.05, 0) is 17.7 Å². The van der Waals surface area contributed by atoms with Gasteiger partial charge in [0.25, 0.3) is 0 Å². The second kappa shape index (κ2) is 6.79. The fourth-order valence-corrected chi connectivity index (χ4v) is 2.03. The normalized spacial score (nSPS) is 17.6. The number of nitrogens with zero attached hydrogens (tertiary/aromatic N) is 1. The monoisotopic (exact) mass is 293 g/mol. The molecule has 0 amide bonds. The summed E-state index contributed by atoms with van der Waals surface area (Å²) in [6.07, 6.45) is 0. The maximum atomic E-state index is 13.2. The Hall–Kier alpha value is -1.24. The van der Waals surface area contributed by atoms with Crippen LogP contribution >= 0.6 is 12.4 Å². The Morgan fingerprint density at radius 3 is 2.42 bits per heavy atom. The number of carboxylic acids is 1. The highest BCUT2D eigenvalue weighted by atomic mass is 35.5. The number of benzene rings is 1. The summed E-state index contributed by atoms with van der Waals surface area (Å²) < 4.78 is 31.1. The largest absolute Gasteiger partial charge is 0.480 e. The molecule has 1 aliphatic rings.